The van der Waals surface area contributed by atoms with Crippen molar-refractivity contribution in [1.29, 1.82) is 0 Å². The van der Waals surface area contributed by atoms with Crippen LogP contribution in [0.2, 0.25) is 0 Å². The van der Waals surface area contributed by atoms with Crippen LogP contribution in [-0.4, -0.2) is 29.2 Å². The Kier molecular flexibility index (Phi) is 7.01. The summed E-state index contributed by atoms with van der Waals surface area (Å²) in [5, 5.41) is 9.48. The number of aliphatic hydroxyl groups is 1. The number of hydrogen-bond donors (Lipinski definition) is 1. The second kappa shape index (κ2) is 10.3. The second-order valence-electron chi connectivity index (χ2n) is 7.80. The third-order valence-electron chi connectivity index (χ3n) is 5.58. The maximum atomic E-state index is 9.48. The number of benzene rings is 3. The average Bonchev–Trinajstić information content (AvgIpc) is 3.25. The van der Waals surface area contributed by atoms with Crippen LogP contribution in [0.5, 0.6) is 11.5 Å². The first kappa shape index (κ1) is 20.5. The predicted molar refractivity (Wildman–Crippen MR) is 119 cm³/mol. The summed E-state index contributed by atoms with van der Waals surface area (Å²) in [6.45, 7) is 3.28. The molecule has 0 radical (unpaired) electrons. The fraction of sp³-hybridized carbons (Fsp3) is 0.308. The highest BCUT2D eigenvalue weighted by molar-refractivity contribution is 5.33. The quantitative estimate of drug-likeness (QED) is 0.557. The van der Waals surface area contributed by atoms with Crippen LogP contribution in [0.1, 0.15) is 29.5 Å². The van der Waals surface area contributed by atoms with Gasteiger partial charge in [0.05, 0.1) is 6.61 Å². The normalized spacial score (nSPS) is 16.5. The van der Waals surface area contributed by atoms with Gasteiger partial charge < -0.3 is 14.6 Å². The zero-order valence-electron chi connectivity index (χ0n) is 17.2. The van der Waals surface area contributed by atoms with Gasteiger partial charge in [-0.3, -0.25) is 4.90 Å². The molecule has 4 rings (SSSR count). The van der Waals surface area contributed by atoms with Gasteiger partial charge in [-0.25, -0.2) is 0 Å². The van der Waals surface area contributed by atoms with Crippen LogP contribution in [0.4, 0.5) is 0 Å². The van der Waals surface area contributed by atoms with Crippen molar-refractivity contribution in [3.63, 3.8) is 0 Å². The highest BCUT2D eigenvalue weighted by atomic mass is 16.5. The van der Waals surface area contributed by atoms with E-state index in [9.17, 15) is 5.11 Å². The zero-order valence-corrected chi connectivity index (χ0v) is 17.2. The molecule has 0 amide bonds. The van der Waals surface area contributed by atoms with Crippen molar-refractivity contribution < 1.29 is 14.6 Å². The van der Waals surface area contributed by atoms with Gasteiger partial charge in [-0.1, -0.05) is 60.7 Å². The van der Waals surface area contributed by atoms with Crippen molar-refractivity contribution in [2.75, 3.05) is 13.2 Å². The molecule has 0 aromatic heterocycles. The lowest BCUT2D eigenvalue weighted by molar-refractivity contribution is 0.153. The lowest BCUT2D eigenvalue weighted by Gasteiger charge is -2.22. The summed E-state index contributed by atoms with van der Waals surface area (Å²) in [6.07, 6.45) is 2.27. The number of nitrogens with zero attached hydrogens (tertiary/aromatic N) is 1. The third-order valence-corrected chi connectivity index (χ3v) is 5.58. The van der Waals surface area contributed by atoms with Gasteiger partial charge in [-0.2, -0.15) is 0 Å². The van der Waals surface area contributed by atoms with E-state index in [1.807, 2.05) is 42.5 Å². The molecule has 0 unspecified atom stereocenters. The summed E-state index contributed by atoms with van der Waals surface area (Å²) in [4.78, 5) is 2.37. The first-order valence-electron chi connectivity index (χ1n) is 10.6. The first-order valence-corrected chi connectivity index (χ1v) is 10.6. The molecule has 1 aliphatic heterocycles. The number of likely N-dealkylation sites (tertiary alicyclic amines) is 1. The van der Waals surface area contributed by atoms with Crippen molar-refractivity contribution in [3.8, 4) is 11.5 Å². The van der Waals surface area contributed by atoms with E-state index in [1.165, 1.54) is 12.0 Å². The monoisotopic (exact) mass is 403 g/mol. The second-order valence-corrected chi connectivity index (χ2v) is 7.80. The van der Waals surface area contributed by atoms with Gasteiger partial charge in [0, 0.05) is 18.7 Å². The molecular formula is C26H29NO3. The zero-order chi connectivity index (χ0) is 20.6. The van der Waals surface area contributed by atoms with E-state index in [1.54, 1.807) is 0 Å². The summed E-state index contributed by atoms with van der Waals surface area (Å²) >= 11 is 0. The van der Waals surface area contributed by atoms with Gasteiger partial charge in [-0.05, 0) is 48.2 Å². The minimum Gasteiger partial charge on any atom is -0.489 e. The summed E-state index contributed by atoms with van der Waals surface area (Å²) in [5.74, 6) is 1.60. The lowest BCUT2D eigenvalue weighted by atomic mass is 10.1. The maximum Gasteiger partial charge on any atom is 0.123 e. The van der Waals surface area contributed by atoms with E-state index < -0.39 is 0 Å². The molecule has 1 aliphatic rings. The first-order chi connectivity index (χ1) is 14.8. The molecular weight excluding hydrogens is 374 g/mol. The minimum absolute atomic E-state index is 0.250. The van der Waals surface area contributed by atoms with Crippen LogP contribution in [0.3, 0.4) is 0 Å². The Labute approximate surface area is 178 Å². The number of aliphatic hydroxyl groups excluding tert-OH is 1. The fourth-order valence-corrected chi connectivity index (χ4v) is 3.85. The predicted octanol–water partition coefficient (Wildman–Crippen LogP) is 4.80. The van der Waals surface area contributed by atoms with Crippen molar-refractivity contribution >= 4 is 0 Å². The van der Waals surface area contributed by atoms with Crippen molar-refractivity contribution in [2.45, 2.75) is 38.6 Å². The Morgan fingerprint density at radius 1 is 0.767 bits per heavy atom. The summed E-state index contributed by atoms with van der Waals surface area (Å²) in [6, 6.07) is 26.8. The number of rotatable bonds is 9. The summed E-state index contributed by atoms with van der Waals surface area (Å²) < 4.78 is 11.8. The van der Waals surface area contributed by atoms with E-state index in [0.717, 1.165) is 42.1 Å². The van der Waals surface area contributed by atoms with Gasteiger partial charge in [0.25, 0.3) is 0 Å². The van der Waals surface area contributed by atoms with Crippen molar-refractivity contribution in [2.24, 2.45) is 0 Å². The Bertz CT molecular complexity index is 911. The molecule has 1 fully saturated rings. The maximum absolute atomic E-state index is 9.48. The van der Waals surface area contributed by atoms with Crippen molar-refractivity contribution in [1.82, 2.24) is 4.90 Å². The van der Waals surface area contributed by atoms with E-state index >= 15 is 0 Å². The minimum atomic E-state index is 0.250. The molecule has 3 aromatic rings. The molecule has 1 heterocycles. The molecule has 1 atom stereocenters. The summed E-state index contributed by atoms with van der Waals surface area (Å²) in [7, 11) is 0. The molecule has 4 heteroatoms. The van der Waals surface area contributed by atoms with Crippen LogP contribution in [0.25, 0.3) is 0 Å². The summed E-state index contributed by atoms with van der Waals surface area (Å²) in [5.41, 5.74) is 3.55. The smallest absolute Gasteiger partial charge is 0.123 e. The molecule has 30 heavy (non-hydrogen) atoms. The molecule has 4 nitrogen and oxygen atoms in total. The van der Waals surface area contributed by atoms with E-state index in [2.05, 4.69) is 41.3 Å². The molecule has 156 valence electrons. The molecule has 1 N–H and O–H groups in total. The standard InChI is InChI=1S/C26H29NO3/c28-18-24-8-5-15-27(24)17-21-11-13-23(14-12-21)20-30-26-10-4-9-25(16-26)29-19-22-6-2-1-3-7-22/h1-4,6-7,9-14,16,24,28H,5,8,15,17-20H2/t24-/m1/s1. The van der Waals surface area contributed by atoms with Crippen molar-refractivity contribution in [3.05, 3.63) is 95.6 Å². The van der Waals surface area contributed by atoms with Gasteiger partial charge in [0.1, 0.15) is 24.7 Å². The molecule has 0 aliphatic carbocycles. The Hall–Kier alpha value is -2.82. The number of ether oxygens (including phenoxy) is 2. The SMILES string of the molecule is OC[C@H]1CCCN1Cc1ccc(COc2cccc(OCc3ccccc3)c2)cc1. The van der Waals surface area contributed by atoms with Gasteiger partial charge in [0.2, 0.25) is 0 Å². The van der Waals surface area contributed by atoms with E-state index in [4.69, 9.17) is 9.47 Å². The average molecular weight is 404 g/mol. The molecule has 1 saturated heterocycles. The van der Waals surface area contributed by atoms with Gasteiger partial charge in [0.15, 0.2) is 0 Å². The Balaban J connectivity index is 1.28. The number of hydrogen-bond acceptors (Lipinski definition) is 4. The Morgan fingerprint density at radius 2 is 1.40 bits per heavy atom. The third kappa shape index (κ3) is 5.62. The Morgan fingerprint density at radius 3 is 2.07 bits per heavy atom. The topological polar surface area (TPSA) is 41.9 Å². The molecule has 3 aromatic carbocycles. The van der Waals surface area contributed by atoms with Crippen LogP contribution >= 0.6 is 0 Å². The molecule has 0 saturated carbocycles. The molecule has 0 spiro atoms. The molecule has 0 bridgehead atoms. The van der Waals surface area contributed by atoms with Crippen LogP contribution in [0.15, 0.2) is 78.9 Å². The van der Waals surface area contributed by atoms with Crippen LogP contribution in [-0.2, 0) is 19.8 Å². The van der Waals surface area contributed by atoms with E-state index in [0.29, 0.717) is 19.3 Å². The highest BCUT2D eigenvalue weighted by Gasteiger charge is 2.23. The van der Waals surface area contributed by atoms with E-state index in [-0.39, 0.29) is 6.61 Å². The van der Waals surface area contributed by atoms with Crippen LogP contribution in [0, 0.1) is 0 Å². The largest absolute Gasteiger partial charge is 0.489 e. The highest BCUT2D eigenvalue weighted by Crippen LogP contribution is 2.22. The fourth-order valence-electron chi connectivity index (χ4n) is 3.85. The van der Waals surface area contributed by atoms with Gasteiger partial charge in [-0.15, -0.1) is 0 Å². The lowest BCUT2D eigenvalue weighted by Crippen LogP contribution is -2.31. The van der Waals surface area contributed by atoms with Crippen LogP contribution < -0.4 is 9.47 Å². The van der Waals surface area contributed by atoms with Gasteiger partial charge >= 0.3 is 0 Å².